The lowest BCUT2D eigenvalue weighted by Gasteiger charge is -2.13. The van der Waals surface area contributed by atoms with Gasteiger partial charge in [-0.1, -0.05) is 72.8 Å². The van der Waals surface area contributed by atoms with Gasteiger partial charge in [0, 0.05) is 18.8 Å². The van der Waals surface area contributed by atoms with Crippen LogP contribution in [0.4, 0.5) is 0 Å². The molecular formula is C28H24N2O3. The zero-order chi connectivity index (χ0) is 23.0. The highest BCUT2D eigenvalue weighted by molar-refractivity contribution is 5.94. The summed E-state index contributed by atoms with van der Waals surface area (Å²) in [6.07, 6.45) is 5.57. The maximum atomic E-state index is 12.6. The molecule has 5 nitrogen and oxygen atoms in total. The number of nitrogens with one attached hydrogen (secondary N) is 1. The van der Waals surface area contributed by atoms with Crippen molar-refractivity contribution in [2.75, 3.05) is 7.11 Å². The van der Waals surface area contributed by atoms with Gasteiger partial charge in [0.05, 0.1) is 12.7 Å². The van der Waals surface area contributed by atoms with Crippen LogP contribution in [0.25, 0.3) is 23.3 Å². The van der Waals surface area contributed by atoms with Crippen LogP contribution < -0.4 is 10.1 Å². The Balaban J connectivity index is 1.56. The Morgan fingerprint density at radius 2 is 1.64 bits per heavy atom. The van der Waals surface area contributed by atoms with Crippen LogP contribution >= 0.6 is 0 Å². The SMILES string of the molecule is COc1ccc(C(=O)NCc2ccccc2-c2ccccc2C=Cc2ccc(O)cc2)cn1. The van der Waals surface area contributed by atoms with E-state index in [4.69, 9.17) is 4.74 Å². The molecule has 4 aromatic rings. The number of phenols is 1. The summed E-state index contributed by atoms with van der Waals surface area (Å²) >= 11 is 0. The molecule has 0 aliphatic rings. The molecule has 0 bridgehead atoms. The minimum Gasteiger partial charge on any atom is -0.508 e. The number of phenolic OH excluding ortho intramolecular Hbond substituents is 1. The van der Waals surface area contributed by atoms with E-state index in [9.17, 15) is 9.90 Å². The summed E-state index contributed by atoms with van der Waals surface area (Å²) in [5.41, 5.74) is 5.67. The molecule has 164 valence electrons. The number of methoxy groups -OCH3 is 1. The highest BCUT2D eigenvalue weighted by Gasteiger charge is 2.11. The minimum atomic E-state index is -0.194. The maximum Gasteiger partial charge on any atom is 0.253 e. The third-order valence-electron chi connectivity index (χ3n) is 5.26. The van der Waals surface area contributed by atoms with Gasteiger partial charge in [0.1, 0.15) is 5.75 Å². The molecule has 0 aliphatic carbocycles. The summed E-state index contributed by atoms with van der Waals surface area (Å²) in [5, 5.41) is 12.5. The van der Waals surface area contributed by atoms with Crippen LogP contribution in [0.1, 0.15) is 27.0 Å². The Morgan fingerprint density at radius 1 is 0.909 bits per heavy atom. The number of aromatic hydroxyl groups is 1. The Morgan fingerprint density at radius 3 is 2.36 bits per heavy atom. The van der Waals surface area contributed by atoms with Crippen molar-refractivity contribution in [3.63, 3.8) is 0 Å². The summed E-state index contributed by atoms with van der Waals surface area (Å²) in [6.45, 7) is 0.386. The van der Waals surface area contributed by atoms with Crippen molar-refractivity contribution >= 4 is 18.1 Å². The van der Waals surface area contributed by atoms with E-state index in [-0.39, 0.29) is 11.7 Å². The molecule has 5 heteroatoms. The second-order valence-electron chi connectivity index (χ2n) is 7.44. The predicted molar refractivity (Wildman–Crippen MR) is 131 cm³/mol. The third kappa shape index (κ3) is 5.46. The van der Waals surface area contributed by atoms with Crippen molar-refractivity contribution in [2.45, 2.75) is 6.54 Å². The molecule has 0 spiro atoms. The number of carbonyl (C=O) groups is 1. The second-order valence-corrected chi connectivity index (χ2v) is 7.44. The number of aromatic nitrogens is 1. The summed E-state index contributed by atoms with van der Waals surface area (Å²) in [7, 11) is 1.54. The number of ether oxygens (including phenoxy) is 1. The molecule has 3 aromatic carbocycles. The Hall–Kier alpha value is -4.38. The van der Waals surface area contributed by atoms with Gasteiger partial charge in [-0.05, 0) is 46.0 Å². The van der Waals surface area contributed by atoms with Crippen molar-refractivity contribution in [1.82, 2.24) is 10.3 Å². The summed E-state index contributed by atoms with van der Waals surface area (Å²) < 4.78 is 5.05. The number of carbonyl (C=O) groups excluding carboxylic acids is 1. The maximum absolute atomic E-state index is 12.6. The van der Waals surface area contributed by atoms with Gasteiger partial charge in [-0.25, -0.2) is 4.98 Å². The molecule has 2 N–H and O–H groups in total. The van der Waals surface area contributed by atoms with Crippen molar-refractivity contribution in [2.24, 2.45) is 0 Å². The largest absolute Gasteiger partial charge is 0.508 e. The van der Waals surface area contributed by atoms with E-state index in [0.717, 1.165) is 27.8 Å². The standard InChI is InChI=1S/C28H24N2O3/c1-33-27-17-14-23(19-29-27)28(32)30-18-22-7-3-5-9-26(22)25-8-4-2-6-21(25)13-10-20-11-15-24(31)16-12-20/h2-17,19,31H,18H2,1H3,(H,30,32). The van der Waals surface area contributed by atoms with E-state index >= 15 is 0 Å². The zero-order valence-electron chi connectivity index (χ0n) is 18.2. The molecule has 1 heterocycles. The highest BCUT2D eigenvalue weighted by atomic mass is 16.5. The molecular weight excluding hydrogens is 412 g/mol. The normalized spacial score (nSPS) is 10.8. The molecule has 0 saturated heterocycles. The average molecular weight is 437 g/mol. The molecule has 0 unspecified atom stereocenters. The first-order chi connectivity index (χ1) is 16.1. The van der Waals surface area contributed by atoms with E-state index in [1.165, 1.54) is 13.3 Å². The smallest absolute Gasteiger partial charge is 0.253 e. The second kappa shape index (κ2) is 10.3. The lowest BCUT2D eigenvalue weighted by molar-refractivity contribution is 0.0950. The van der Waals surface area contributed by atoms with Gasteiger partial charge >= 0.3 is 0 Å². The van der Waals surface area contributed by atoms with Crippen LogP contribution in [-0.4, -0.2) is 23.1 Å². The molecule has 0 saturated carbocycles. The first kappa shape index (κ1) is 21.8. The van der Waals surface area contributed by atoms with E-state index in [2.05, 4.69) is 34.6 Å². The van der Waals surface area contributed by atoms with Crippen molar-refractivity contribution < 1.29 is 14.6 Å². The van der Waals surface area contributed by atoms with Gasteiger partial charge < -0.3 is 15.2 Å². The number of nitrogens with zero attached hydrogens (tertiary/aromatic N) is 1. The van der Waals surface area contributed by atoms with Gasteiger partial charge in [-0.15, -0.1) is 0 Å². The number of hydrogen-bond acceptors (Lipinski definition) is 4. The number of hydrogen-bond donors (Lipinski definition) is 2. The molecule has 0 fully saturated rings. The van der Waals surface area contributed by atoms with Crippen LogP contribution in [-0.2, 0) is 6.54 Å². The monoisotopic (exact) mass is 436 g/mol. The predicted octanol–water partition coefficient (Wildman–Crippen LogP) is 5.56. The fourth-order valence-corrected chi connectivity index (χ4v) is 3.51. The fourth-order valence-electron chi connectivity index (χ4n) is 3.51. The number of rotatable bonds is 7. The lowest BCUT2D eigenvalue weighted by atomic mass is 9.94. The number of pyridine rings is 1. The first-order valence-electron chi connectivity index (χ1n) is 10.6. The average Bonchev–Trinajstić information content (AvgIpc) is 2.87. The topological polar surface area (TPSA) is 71.5 Å². The van der Waals surface area contributed by atoms with E-state index in [1.807, 2.05) is 48.5 Å². The van der Waals surface area contributed by atoms with Crippen LogP contribution in [0.2, 0.25) is 0 Å². The Kier molecular flexibility index (Phi) is 6.81. The summed E-state index contributed by atoms with van der Waals surface area (Å²) in [5.74, 6) is 0.517. The number of benzene rings is 3. The van der Waals surface area contributed by atoms with Crippen LogP contribution in [0.5, 0.6) is 11.6 Å². The molecule has 1 aromatic heterocycles. The van der Waals surface area contributed by atoms with Gasteiger partial charge in [-0.3, -0.25) is 4.79 Å². The summed E-state index contributed by atoms with van der Waals surface area (Å²) in [4.78, 5) is 16.7. The first-order valence-corrected chi connectivity index (χ1v) is 10.6. The molecule has 0 atom stereocenters. The lowest BCUT2D eigenvalue weighted by Crippen LogP contribution is -2.23. The van der Waals surface area contributed by atoms with Gasteiger partial charge in [0.2, 0.25) is 5.88 Å². The van der Waals surface area contributed by atoms with Gasteiger partial charge in [-0.2, -0.15) is 0 Å². The fraction of sp³-hybridized carbons (Fsp3) is 0.0714. The zero-order valence-corrected chi connectivity index (χ0v) is 18.2. The quantitative estimate of drug-likeness (QED) is 0.372. The van der Waals surface area contributed by atoms with Crippen molar-refractivity contribution in [3.8, 4) is 22.8 Å². The molecule has 4 rings (SSSR count). The summed E-state index contributed by atoms with van der Waals surface area (Å²) in [6, 6.07) is 26.6. The Bertz CT molecular complexity index is 1260. The minimum absolute atomic E-state index is 0.194. The van der Waals surface area contributed by atoms with Gasteiger partial charge in [0.15, 0.2) is 0 Å². The van der Waals surface area contributed by atoms with Crippen LogP contribution in [0, 0.1) is 0 Å². The van der Waals surface area contributed by atoms with Gasteiger partial charge in [0.25, 0.3) is 5.91 Å². The Labute approximate surface area is 193 Å². The number of amides is 1. The van der Waals surface area contributed by atoms with Crippen molar-refractivity contribution in [3.05, 3.63) is 113 Å². The van der Waals surface area contributed by atoms with E-state index in [1.54, 1.807) is 24.3 Å². The highest BCUT2D eigenvalue weighted by Crippen LogP contribution is 2.29. The molecule has 1 amide bonds. The van der Waals surface area contributed by atoms with Crippen molar-refractivity contribution in [1.29, 1.82) is 0 Å². The van der Waals surface area contributed by atoms with Crippen LogP contribution in [0.3, 0.4) is 0 Å². The van der Waals surface area contributed by atoms with E-state index < -0.39 is 0 Å². The molecule has 0 aliphatic heterocycles. The molecule has 33 heavy (non-hydrogen) atoms. The molecule has 0 radical (unpaired) electrons. The van der Waals surface area contributed by atoms with E-state index in [0.29, 0.717) is 18.0 Å². The third-order valence-corrected chi connectivity index (χ3v) is 5.26. The van der Waals surface area contributed by atoms with Crippen LogP contribution in [0.15, 0.2) is 91.1 Å².